The van der Waals surface area contributed by atoms with E-state index in [0.29, 0.717) is 29.7 Å². The molecule has 1 aromatic carbocycles. The van der Waals surface area contributed by atoms with Crippen LogP contribution in [0, 0.1) is 11.3 Å². The van der Waals surface area contributed by atoms with Crippen LogP contribution in [0.4, 0.5) is 0 Å². The molecule has 2 atom stereocenters. The number of nitriles is 1. The first-order valence-corrected chi connectivity index (χ1v) is 11.1. The van der Waals surface area contributed by atoms with Gasteiger partial charge < -0.3 is 20.4 Å². The summed E-state index contributed by atoms with van der Waals surface area (Å²) in [5.74, 6) is -1.42. The Bertz CT molecular complexity index is 1130. The highest BCUT2D eigenvalue weighted by atomic mass is 16.2. The zero-order valence-corrected chi connectivity index (χ0v) is 18.4. The van der Waals surface area contributed by atoms with E-state index < -0.39 is 18.0 Å². The summed E-state index contributed by atoms with van der Waals surface area (Å²) >= 11 is 0. The van der Waals surface area contributed by atoms with Gasteiger partial charge in [0.1, 0.15) is 12.1 Å². The Hall–Kier alpha value is -4.26. The Labute approximate surface area is 196 Å². The fraction of sp³-hybridized carbons (Fsp3) is 0.333. The van der Waals surface area contributed by atoms with E-state index in [4.69, 9.17) is 5.26 Å². The molecule has 2 saturated heterocycles. The molecule has 2 fully saturated rings. The SMILES string of the molecule is N#Cc1ccc(C(=O)N2CCN(C(=O)c3cccnc3)C(C(=O)NC3CCCNC3=O)C2)cc1. The number of rotatable bonds is 4. The van der Waals surface area contributed by atoms with Crippen LogP contribution in [-0.2, 0) is 9.59 Å². The van der Waals surface area contributed by atoms with Crippen molar-refractivity contribution in [3.8, 4) is 6.07 Å². The number of aromatic nitrogens is 1. The van der Waals surface area contributed by atoms with Crippen molar-refractivity contribution in [2.75, 3.05) is 26.2 Å². The molecule has 2 unspecified atom stereocenters. The molecule has 10 nitrogen and oxygen atoms in total. The number of nitrogens with one attached hydrogen (secondary N) is 2. The number of carbonyl (C=O) groups is 4. The molecule has 2 aliphatic heterocycles. The molecular weight excluding hydrogens is 436 g/mol. The summed E-state index contributed by atoms with van der Waals surface area (Å²) in [5, 5.41) is 14.5. The number of piperidine rings is 1. The summed E-state index contributed by atoms with van der Waals surface area (Å²) < 4.78 is 0. The lowest BCUT2D eigenvalue weighted by molar-refractivity contribution is -0.133. The van der Waals surface area contributed by atoms with Crippen LogP contribution in [0.5, 0.6) is 0 Å². The summed E-state index contributed by atoms with van der Waals surface area (Å²) in [7, 11) is 0. The molecule has 0 spiro atoms. The number of benzene rings is 1. The maximum absolute atomic E-state index is 13.3. The fourth-order valence-electron chi connectivity index (χ4n) is 4.14. The minimum Gasteiger partial charge on any atom is -0.354 e. The molecule has 2 aliphatic rings. The summed E-state index contributed by atoms with van der Waals surface area (Å²) in [6.45, 7) is 0.918. The van der Waals surface area contributed by atoms with Gasteiger partial charge in [0, 0.05) is 37.6 Å². The second kappa shape index (κ2) is 10.1. The quantitative estimate of drug-likeness (QED) is 0.674. The van der Waals surface area contributed by atoms with Gasteiger partial charge in [0.15, 0.2) is 0 Å². The third-order valence-electron chi connectivity index (χ3n) is 6.00. The molecule has 2 aromatic rings. The number of amides is 4. The fourth-order valence-corrected chi connectivity index (χ4v) is 4.14. The number of carbonyl (C=O) groups excluding carboxylic acids is 4. The molecule has 0 saturated carbocycles. The van der Waals surface area contributed by atoms with Crippen LogP contribution in [0.15, 0.2) is 48.8 Å². The van der Waals surface area contributed by atoms with Crippen molar-refractivity contribution in [1.29, 1.82) is 5.26 Å². The molecule has 174 valence electrons. The molecule has 0 radical (unpaired) electrons. The molecule has 0 bridgehead atoms. The third-order valence-corrected chi connectivity index (χ3v) is 6.00. The average Bonchev–Trinajstić information content (AvgIpc) is 2.89. The van der Waals surface area contributed by atoms with Crippen LogP contribution < -0.4 is 10.6 Å². The third kappa shape index (κ3) is 4.88. The van der Waals surface area contributed by atoms with Gasteiger partial charge in [-0.1, -0.05) is 0 Å². The Kier molecular flexibility index (Phi) is 6.82. The van der Waals surface area contributed by atoms with Crippen molar-refractivity contribution in [2.45, 2.75) is 24.9 Å². The van der Waals surface area contributed by atoms with E-state index in [1.54, 1.807) is 42.6 Å². The standard InChI is InChI=1S/C24H24N6O4/c25-13-16-5-7-17(8-6-16)23(33)29-11-12-30(24(34)18-3-1-9-26-14-18)20(15-29)22(32)28-19-4-2-10-27-21(19)31/h1,3,5-9,14,19-20H,2,4,10-12,15H2,(H,27,31)(H,28,32). The lowest BCUT2D eigenvalue weighted by atomic mass is 10.0. The average molecular weight is 460 g/mol. The van der Waals surface area contributed by atoms with Gasteiger partial charge >= 0.3 is 0 Å². The maximum Gasteiger partial charge on any atom is 0.256 e. The first-order valence-electron chi connectivity index (χ1n) is 11.1. The van der Waals surface area contributed by atoms with E-state index in [0.717, 1.165) is 6.42 Å². The summed E-state index contributed by atoms with van der Waals surface area (Å²) in [5.41, 5.74) is 1.16. The van der Waals surface area contributed by atoms with E-state index in [1.807, 2.05) is 6.07 Å². The van der Waals surface area contributed by atoms with Gasteiger partial charge in [-0.05, 0) is 49.2 Å². The molecule has 2 N–H and O–H groups in total. The van der Waals surface area contributed by atoms with Gasteiger partial charge in [-0.15, -0.1) is 0 Å². The number of nitrogens with zero attached hydrogens (tertiary/aromatic N) is 4. The first-order chi connectivity index (χ1) is 16.5. The number of hydrogen-bond acceptors (Lipinski definition) is 6. The summed E-state index contributed by atoms with van der Waals surface area (Å²) in [6.07, 6.45) is 4.23. The Morgan fingerprint density at radius 2 is 1.88 bits per heavy atom. The van der Waals surface area contributed by atoms with E-state index in [2.05, 4.69) is 15.6 Å². The molecule has 0 aliphatic carbocycles. The van der Waals surface area contributed by atoms with Gasteiger partial charge in [-0.3, -0.25) is 24.2 Å². The van der Waals surface area contributed by atoms with Crippen LogP contribution in [-0.4, -0.2) is 76.7 Å². The van der Waals surface area contributed by atoms with Gasteiger partial charge in [-0.25, -0.2) is 0 Å². The highest BCUT2D eigenvalue weighted by Crippen LogP contribution is 2.18. The molecule has 4 rings (SSSR count). The Balaban J connectivity index is 1.56. The van der Waals surface area contributed by atoms with E-state index in [9.17, 15) is 19.2 Å². The van der Waals surface area contributed by atoms with Crippen LogP contribution >= 0.6 is 0 Å². The largest absolute Gasteiger partial charge is 0.354 e. The predicted octanol–water partition coefficient (Wildman–Crippen LogP) is 0.315. The van der Waals surface area contributed by atoms with Crippen molar-refractivity contribution >= 4 is 23.6 Å². The summed E-state index contributed by atoms with van der Waals surface area (Å²) in [6, 6.07) is 9.86. The van der Waals surface area contributed by atoms with Crippen LogP contribution in [0.2, 0.25) is 0 Å². The van der Waals surface area contributed by atoms with E-state index >= 15 is 0 Å². The zero-order chi connectivity index (χ0) is 24.1. The predicted molar refractivity (Wildman–Crippen MR) is 120 cm³/mol. The minimum absolute atomic E-state index is 0.0228. The normalized spacial score (nSPS) is 20.1. The molecule has 3 heterocycles. The first kappa shape index (κ1) is 22.9. The van der Waals surface area contributed by atoms with Gasteiger partial charge in [-0.2, -0.15) is 5.26 Å². The van der Waals surface area contributed by atoms with Crippen LogP contribution in [0.25, 0.3) is 0 Å². The summed E-state index contributed by atoms with van der Waals surface area (Å²) in [4.78, 5) is 58.6. The van der Waals surface area contributed by atoms with Gasteiger partial charge in [0.25, 0.3) is 11.8 Å². The van der Waals surface area contributed by atoms with Crippen LogP contribution in [0.1, 0.15) is 39.1 Å². The van der Waals surface area contributed by atoms with Gasteiger partial charge in [0.2, 0.25) is 11.8 Å². The van der Waals surface area contributed by atoms with Crippen molar-refractivity contribution in [2.24, 2.45) is 0 Å². The molecular formula is C24H24N6O4. The Morgan fingerprint density at radius 3 is 2.56 bits per heavy atom. The molecule has 4 amide bonds. The lowest BCUT2D eigenvalue weighted by Gasteiger charge is -2.41. The highest BCUT2D eigenvalue weighted by molar-refractivity contribution is 6.00. The van der Waals surface area contributed by atoms with E-state index in [-0.39, 0.29) is 37.4 Å². The zero-order valence-electron chi connectivity index (χ0n) is 18.4. The van der Waals surface area contributed by atoms with Crippen molar-refractivity contribution in [1.82, 2.24) is 25.4 Å². The minimum atomic E-state index is -0.974. The molecule has 34 heavy (non-hydrogen) atoms. The number of piperazine rings is 1. The number of hydrogen-bond donors (Lipinski definition) is 2. The second-order valence-electron chi connectivity index (χ2n) is 8.19. The van der Waals surface area contributed by atoms with Gasteiger partial charge in [0.05, 0.1) is 23.7 Å². The topological polar surface area (TPSA) is 136 Å². The van der Waals surface area contributed by atoms with Crippen LogP contribution in [0.3, 0.4) is 0 Å². The molecule has 10 heteroatoms. The van der Waals surface area contributed by atoms with Crippen molar-refractivity contribution in [3.63, 3.8) is 0 Å². The smallest absolute Gasteiger partial charge is 0.256 e. The van der Waals surface area contributed by atoms with Crippen molar-refractivity contribution in [3.05, 3.63) is 65.5 Å². The highest BCUT2D eigenvalue weighted by Gasteiger charge is 2.39. The Morgan fingerprint density at radius 1 is 1.09 bits per heavy atom. The van der Waals surface area contributed by atoms with Crippen molar-refractivity contribution < 1.29 is 19.2 Å². The number of pyridine rings is 1. The maximum atomic E-state index is 13.3. The monoisotopic (exact) mass is 460 g/mol. The lowest BCUT2D eigenvalue weighted by Crippen LogP contribution is -2.63. The second-order valence-corrected chi connectivity index (χ2v) is 8.19. The van der Waals surface area contributed by atoms with E-state index in [1.165, 1.54) is 16.0 Å². The molecule has 1 aromatic heterocycles.